The number of nitrogens with one attached hydrogen (secondary N) is 4. The number of primary amides is 1. The van der Waals surface area contributed by atoms with Crippen LogP contribution in [0, 0.1) is 16.0 Å². The minimum Gasteiger partial charge on any atom is -0.449 e. The number of nitrogens with zero attached hydrogens (tertiary/aromatic N) is 1. The number of benzene rings is 4. The van der Waals surface area contributed by atoms with E-state index in [1.807, 2.05) is 48.5 Å². The molecule has 19 nitrogen and oxygen atoms in total. The number of rotatable bonds is 18. The molecular weight excluding hydrogens is 840 g/mol. The minimum absolute atomic E-state index is 0. The smallest absolute Gasteiger partial charge is 0.449 e. The summed E-state index contributed by atoms with van der Waals surface area (Å²) in [4.78, 5) is 74.5. The summed E-state index contributed by atoms with van der Waals surface area (Å²) in [6.07, 6.45) is -1.11. The number of carbonyl (C=O) groups excluding carboxylic acids is 5. The number of alkyl carbamates (subject to hydrolysis) is 1. The van der Waals surface area contributed by atoms with Crippen molar-refractivity contribution in [1.82, 2.24) is 16.0 Å². The van der Waals surface area contributed by atoms with E-state index in [1.165, 1.54) is 24.3 Å². The maximum atomic E-state index is 13.7. The zero-order chi connectivity index (χ0) is 44.3. The number of nitro groups is 1. The molecule has 5 rings (SSSR count). The van der Waals surface area contributed by atoms with Gasteiger partial charge in [-0.05, 0) is 65.3 Å². The van der Waals surface area contributed by atoms with E-state index < -0.39 is 69.7 Å². The van der Waals surface area contributed by atoms with Gasteiger partial charge in [0.1, 0.15) is 31.0 Å². The molecule has 6 N–H and O–H groups in total. The van der Waals surface area contributed by atoms with Crippen LogP contribution in [0.2, 0.25) is 0 Å². The van der Waals surface area contributed by atoms with Crippen LogP contribution in [-0.4, -0.2) is 104 Å². The molecule has 0 saturated carbocycles. The molecule has 1 radical (unpaired) electrons. The zero-order valence-corrected chi connectivity index (χ0v) is 37.1. The van der Waals surface area contributed by atoms with Gasteiger partial charge in [-0.25, -0.2) is 14.4 Å². The number of nitro benzene ring substituents is 1. The average Bonchev–Trinajstić information content (AvgIpc) is 3.52. The molecule has 0 aliphatic heterocycles. The predicted octanol–water partition coefficient (Wildman–Crippen LogP) is 4.70. The number of ether oxygens (including phenoxy) is 3. The molecule has 4 aromatic carbocycles. The van der Waals surface area contributed by atoms with Crippen LogP contribution in [0.4, 0.5) is 25.8 Å². The SMILES string of the molecule is CC(C)[C@H](NC(=O)OCC1c2ccccc2-c2ccccc21)C(=O)N[C@@H](CCCNC(N)=O)C(=O)Nc1ccc(COC(=O)Oc2ccc([N+](=O)[O-])cc2)c(OS(C)(=O)=O)c1.[Na]. The van der Waals surface area contributed by atoms with Crippen LogP contribution in [0.1, 0.15) is 49.3 Å². The molecule has 0 bridgehead atoms. The normalized spacial score (nSPS) is 12.6. The summed E-state index contributed by atoms with van der Waals surface area (Å²) in [5.74, 6) is -2.51. The maximum absolute atomic E-state index is 13.7. The first-order valence-electron chi connectivity index (χ1n) is 18.9. The molecule has 0 fully saturated rings. The molecule has 0 saturated heterocycles. The van der Waals surface area contributed by atoms with Crippen molar-refractivity contribution in [1.29, 1.82) is 0 Å². The quantitative estimate of drug-likeness (QED) is 0.0173. The van der Waals surface area contributed by atoms with E-state index in [9.17, 15) is 42.5 Å². The van der Waals surface area contributed by atoms with E-state index in [0.29, 0.717) is 0 Å². The Kier molecular flexibility index (Phi) is 17.2. The molecule has 323 valence electrons. The van der Waals surface area contributed by atoms with Crippen molar-refractivity contribution in [3.05, 3.63) is 118 Å². The number of anilines is 1. The van der Waals surface area contributed by atoms with E-state index >= 15 is 0 Å². The fourth-order valence-electron chi connectivity index (χ4n) is 6.47. The van der Waals surface area contributed by atoms with Gasteiger partial charge in [-0.2, -0.15) is 8.42 Å². The number of fused-ring (bicyclic) bond motifs is 3. The van der Waals surface area contributed by atoms with E-state index in [0.717, 1.165) is 46.7 Å². The van der Waals surface area contributed by atoms with E-state index in [4.69, 9.17) is 24.1 Å². The van der Waals surface area contributed by atoms with Gasteiger partial charge in [0.2, 0.25) is 11.8 Å². The Labute approximate surface area is 379 Å². The van der Waals surface area contributed by atoms with Crippen LogP contribution >= 0.6 is 0 Å². The van der Waals surface area contributed by atoms with Crippen molar-refractivity contribution in [3.8, 4) is 22.6 Å². The number of hydrogen-bond donors (Lipinski definition) is 5. The molecule has 0 unspecified atom stereocenters. The Morgan fingerprint density at radius 3 is 2.06 bits per heavy atom. The molecule has 5 amide bonds. The largest absolute Gasteiger partial charge is 0.514 e. The molecule has 4 aromatic rings. The summed E-state index contributed by atoms with van der Waals surface area (Å²) >= 11 is 0. The molecule has 0 spiro atoms. The Morgan fingerprint density at radius 2 is 1.48 bits per heavy atom. The first-order valence-corrected chi connectivity index (χ1v) is 20.7. The van der Waals surface area contributed by atoms with Crippen molar-refractivity contribution >= 4 is 81.1 Å². The number of amides is 5. The first-order chi connectivity index (χ1) is 29.0. The second-order valence-corrected chi connectivity index (χ2v) is 15.8. The van der Waals surface area contributed by atoms with Crippen molar-refractivity contribution < 1.29 is 55.7 Å². The zero-order valence-electron chi connectivity index (χ0n) is 34.2. The molecule has 1 aliphatic rings. The van der Waals surface area contributed by atoms with Crippen LogP contribution in [-0.2, 0) is 35.8 Å². The molecule has 62 heavy (non-hydrogen) atoms. The fraction of sp³-hybridized carbons (Fsp3) is 0.293. The Balaban J connectivity index is 0.00000845. The second-order valence-electron chi connectivity index (χ2n) is 14.2. The summed E-state index contributed by atoms with van der Waals surface area (Å²) in [6.45, 7) is 2.91. The molecule has 0 heterocycles. The van der Waals surface area contributed by atoms with Gasteiger partial charge in [0.25, 0.3) is 5.69 Å². The number of non-ortho nitro benzene ring substituents is 1. The third kappa shape index (κ3) is 13.6. The van der Waals surface area contributed by atoms with Crippen molar-refractivity contribution in [2.45, 2.75) is 51.3 Å². The van der Waals surface area contributed by atoms with Crippen LogP contribution in [0.15, 0.2) is 91.0 Å². The van der Waals surface area contributed by atoms with Crippen LogP contribution in [0.5, 0.6) is 11.5 Å². The number of carbonyl (C=O) groups is 5. The van der Waals surface area contributed by atoms with E-state index in [-0.39, 0.29) is 89.9 Å². The average molecular weight is 884 g/mol. The monoisotopic (exact) mass is 883 g/mol. The van der Waals surface area contributed by atoms with E-state index in [1.54, 1.807) is 13.8 Å². The summed E-state index contributed by atoms with van der Waals surface area (Å²) < 4.78 is 45.2. The van der Waals surface area contributed by atoms with Gasteiger partial charge >= 0.3 is 28.4 Å². The molecule has 21 heteroatoms. The third-order valence-electron chi connectivity index (χ3n) is 9.34. The second kappa shape index (κ2) is 22.0. The predicted molar refractivity (Wildman–Crippen MR) is 226 cm³/mol. The van der Waals surface area contributed by atoms with Crippen molar-refractivity contribution in [3.63, 3.8) is 0 Å². The van der Waals surface area contributed by atoms with Gasteiger partial charge in [-0.3, -0.25) is 19.7 Å². The van der Waals surface area contributed by atoms with Crippen LogP contribution in [0.3, 0.4) is 0 Å². The summed E-state index contributed by atoms with van der Waals surface area (Å²) in [5, 5.41) is 21.2. The topological polar surface area (TPSA) is 274 Å². The van der Waals surface area contributed by atoms with Crippen molar-refractivity contribution in [2.24, 2.45) is 11.7 Å². The summed E-state index contributed by atoms with van der Waals surface area (Å²) in [7, 11) is -4.15. The van der Waals surface area contributed by atoms with Gasteiger partial charge in [0, 0.05) is 71.5 Å². The van der Waals surface area contributed by atoms with Gasteiger partial charge in [0.05, 0.1) is 11.2 Å². The summed E-state index contributed by atoms with van der Waals surface area (Å²) in [5.41, 5.74) is 9.13. The van der Waals surface area contributed by atoms with Gasteiger partial charge < -0.3 is 45.4 Å². The molecular formula is C41H44N6NaO13S. The third-order valence-corrected chi connectivity index (χ3v) is 9.82. The van der Waals surface area contributed by atoms with E-state index in [2.05, 4.69) is 21.3 Å². The minimum atomic E-state index is -4.15. The molecule has 0 aromatic heterocycles. The Hall–Kier alpha value is -6.22. The maximum Gasteiger partial charge on any atom is 0.514 e. The molecule has 1 aliphatic carbocycles. The number of hydrogen-bond acceptors (Lipinski definition) is 13. The summed E-state index contributed by atoms with van der Waals surface area (Å²) in [6, 6.07) is 20.9. The number of urea groups is 1. The van der Waals surface area contributed by atoms with Gasteiger partial charge in [-0.1, -0.05) is 62.4 Å². The number of nitrogens with two attached hydrogens (primary N) is 1. The van der Waals surface area contributed by atoms with Crippen molar-refractivity contribution in [2.75, 3.05) is 24.7 Å². The first kappa shape index (κ1) is 48.4. The van der Waals surface area contributed by atoms with Gasteiger partial charge in [0.15, 0.2) is 5.75 Å². The van der Waals surface area contributed by atoms with Crippen LogP contribution in [0.25, 0.3) is 11.1 Å². The Morgan fingerprint density at radius 1 is 0.855 bits per heavy atom. The molecule has 2 atom stereocenters. The Bertz CT molecular complexity index is 2350. The standard InChI is InChI=1S/C41H44N6O13S.Na/c1-24(2)36(46-40(51)57-23-33-31-11-6-4-9-29(31)30-10-5-7-12-32(30)33)38(49)45-34(13-8-20-43-39(42)50)37(48)44-26-15-14-25(35(21-26)60-61(3,55)56)22-58-41(52)59-28-18-16-27(17-19-28)47(53)54;/h4-7,9-12,14-19,21,24,33-34,36H,8,13,20,22-23H2,1-3H3,(H,44,48)(H,45,49)(H,46,51)(H3,42,43,50);/t34-,36-;/m0./s1. The fourth-order valence-corrected chi connectivity index (χ4v) is 6.95. The van der Waals surface area contributed by atoms with Gasteiger partial charge in [-0.15, -0.1) is 0 Å². The van der Waals surface area contributed by atoms with Crippen LogP contribution < -0.4 is 35.9 Å².